The molecule has 0 atom stereocenters. The Morgan fingerprint density at radius 1 is 1.07 bits per heavy atom. The van der Waals surface area contributed by atoms with Crippen LogP contribution < -0.4 is 0 Å². The van der Waals surface area contributed by atoms with Crippen molar-refractivity contribution in [3.05, 3.63) is 48.0 Å². The fourth-order valence-electron chi connectivity index (χ4n) is 2.16. The molecule has 0 N–H and O–H groups in total. The zero-order valence-electron chi connectivity index (χ0n) is 8.65. The first-order valence-electron chi connectivity index (χ1n) is 5.66. The van der Waals surface area contributed by atoms with Crippen LogP contribution in [0.15, 0.2) is 42.5 Å². The fraction of sp³-hybridized carbons (Fsp3) is 0.429. The topological polar surface area (TPSA) is 0 Å². The third-order valence-electron chi connectivity index (χ3n) is 3.00. The van der Waals surface area contributed by atoms with Crippen molar-refractivity contribution in [3.63, 3.8) is 0 Å². The minimum Gasteiger partial charge on any atom is -0.0851 e. The molecule has 1 aromatic rings. The molecule has 0 bridgehead atoms. The molecule has 1 aliphatic rings. The van der Waals surface area contributed by atoms with E-state index in [4.69, 9.17) is 0 Å². The average molecular weight is 186 g/mol. The van der Waals surface area contributed by atoms with Crippen LogP contribution in [0.3, 0.4) is 0 Å². The highest BCUT2D eigenvalue weighted by Gasteiger charge is 2.10. The van der Waals surface area contributed by atoms with Crippen LogP contribution in [0, 0.1) is 5.92 Å². The lowest BCUT2D eigenvalue weighted by Crippen LogP contribution is -1.86. The van der Waals surface area contributed by atoms with E-state index in [1.54, 1.807) is 0 Å². The maximum Gasteiger partial charge on any atom is -0.00974 e. The van der Waals surface area contributed by atoms with Crippen LogP contribution in [0.1, 0.15) is 31.2 Å². The van der Waals surface area contributed by atoms with Crippen molar-refractivity contribution in [3.8, 4) is 0 Å². The average Bonchev–Trinajstić information content (AvgIpc) is 2.72. The highest BCUT2D eigenvalue weighted by molar-refractivity contribution is 5.17. The molecule has 0 amide bonds. The Kier molecular flexibility index (Phi) is 3.39. The first kappa shape index (κ1) is 9.51. The molecule has 0 aliphatic heterocycles. The Bertz CT molecular complexity index is 278. The van der Waals surface area contributed by atoms with E-state index in [1.807, 2.05) is 0 Å². The van der Waals surface area contributed by atoms with Gasteiger partial charge in [-0.25, -0.2) is 0 Å². The van der Waals surface area contributed by atoms with Crippen LogP contribution in [-0.2, 0) is 6.42 Å². The Labute approximate surface area is 86.7 Å². The summed E-state index contributed by atoms with van der Waals surface area (Å²) in [6, 6.07) is 10.7. The van der Waals surface area contributed by atoms with E-state index >= 15 is 0 Å². The monoisotopic (exact) mass is 186 g/mol. The zero-order valence-corrected chi connectivity index (χ0v) is 8.65. The Morgan fingerprint density at radius 2 is 1.79 bits per heavy atom. The first-order chi connectivity index (χ1) is 6.95. The van der Waals surface area contributed by atoms with E-state index in [2.05, 4.69) is 42.5 Å². The molecule has 14 heavy (non-hydrogen) atoms. The van der Waals surface area contributed by atoms with E-state index in [-0.39, 0.29) is 0 Å². The van der Waals surface area contributed by atoms with Gasteiger partial charge in [-0.2, -0.15) is 0 Å². The summed E-state index contributed by atoms with van der Waals surface area (Å²) in [7, 11) is 0. The molecule has 0 heteroatoms. The number of benzene rings is 1. The Balaban J connectivity index is 1.81. The lowest BCUT2D eigenvalue weighted by molar-refractivity contribution is 0.684. The van der Waals surface area contributed by atoms with Crippen molar-refractivity contribution < 1.29 is 0 Å². The first-order valence-corrected chi connectivity index (χ1v) is 5.66. The summed E-state index contributed by atoms with van der Waals surface area (Å²) in [5.41, 5.74) is 1.42. The van der Waals surface area contributed by atoms with Gasteiger partial charge in [-0.1, -0.05) is 55.3 Å². The molecule has 74 valence electrons. The standard InChI is InChI=1S/C14H18/c1-2-7-13(8-3-1)11-6-12-14-9-4-5-10-14/h1-3,6-8,12,14H,4-5,9-11H2/b12-6-. The van der Waals surface area contributed by atoms with Gasteiger partial charge in [-0.05, 0) is 30.7 Å². The second-order valence-electron chi connectivity index (χ2n) is 4.16. The molecule has 2 rings (SSSR count). The number of hydrogen-bond acceptors (Lipinski definition) is 0. The minimum atomic E-state index is 0.874. The molecule has 1 aliphatic carbocycles. The van der Waals surface area contributed by atoms with Gasteiger partial charge in [0.1, 0.15) is 0 Å². The molecular formula is C14H18. The molecule has 0 radical (unpaired) electrons. The summed E-state index contributed by atoms with van der Waals surface area (Å²) in [4.78, 5) is 0. The van der Waals surface area contributed by atoms with Crippen LogP contribution in [0.25, 0.3) is 0 Å². The molecule has 0 nitrogen and oxygen atoms in total. The molecule has 0 heterocycles. The molecule has 0 aromatic heterocycles. The SMILES string of the molecule is C(=C/C1CCCC1)/Cc1ccccc1. The smallest absolute Gasteiger partial charge is 0.00974 e. The molecule has 1 saturated carbocycles. The summed E-state index contributed by atoms with van der Waals surface area (Å²) in [6.07, 6.45) is 11.5. The van der Waals surface area contributed by atoms with Gasteiger partial charge in [0.2, 0.25) is 0 Å². The van der Waals surface area contributed by atoms with Gasteiger partial charge in [-0.3, -0.25) is 0 Å². The van der Waals surface area contributed by atoms with Gasteiger partial charge in [0.15, 0.2) is 0 Å². The summed E-state index contributed by atoms with van der Waals surface area (Å²) in [6.45, 7) is 0. The van der Waals surface area contributed by atoms with E-state index < -0.39 is 0 Å². The predicted molar refractivity (Wildman–Crippen MR) is 61.2 cm³/mol. The van der Waals surface area contributed by atoms with Crippen LogP contribution in [0.5, 0.6) is 0 Å². The van der Waals surface area contributed by atoms with Gasteiger partial charge >= 0.3 is 0 Å². The van der Waals surface area contributed by atoms with Crippen molar-refractivity contribution in [1.82, 2.24) is 0 Å². The normalized spacial score (nSPS) is 18.0. The quantitative estimate of drug-likeness (QED) is 0.626. The molecule has 1 aromatic carbocycles. The number of allylic oxidation sites excluding steroid dienone is 2. The van der Waals surface area contributed by atoms with Gasteiger partial charge in [0.25, 0.3) is 0 Å². The maximum absolute atomic E-state index is 2.42. The molecule has 0 spiro atoms. The van der Waals surface area contributed by atoms with Crippen LogP contribution in [0.2, 0.25) is 0 Å². The summed E-state index contributed by atoms with van der Waals surface area (Å²) >= 11 is 0. The lowest BCUT2D eigenvalue weighted by Gasteiger charge is -2.00. The Hall–Kier alpha value is -1.04. The summed E-state index contributed by atoms with van der Waals surface area (Å²) in [5.74, 6) is 0.874. The molecule has 0 saturated heterocycles. The second kappa shape index (κ2) is 4.99. The molecule has 0 unspecified atom stereocenters. The number of rotatable bonds is 3. The molecular weight excluding hydrogens is 168 g/mol. The third kappa shape index (κ3) is 2.73. The van der Waals surface area contributed by atoms with Gasteiger partial charge in [0, 0.05) is 0 Å². The summed E-state index contributed by atoms with van der Waals surface area (Å²) in [5, 5.41) is 0. The van der Waals surface area contributed by atoms with Crippen molar-refractivity contribution in [2.24, 2.45) is 5.92 Å². The zero-order chi connectivity index (χ0) is 9.64. The predicted octanol–water partition coefficient (Wildman–Crippen LogP) is 3.98. The van der Waals surface area contributed by atoms with E-state index in [1.165, 1.54) is 31.2 Å². The van der Waals surface area contributed by atoms with Gasteiger partial charge < -0.3 is 0 Å². The van der Waals surface area contributed by atoms with Crippen molar-refractivity contribution in [1.29, 1.82) is 0 Å². The second-order valence-corrected chi connectivity index (χ2v) is 4.16. The maximum atomic E-state index is 2.42. The Morgan fingerprint density at radius 3 is 2.50 bits per heavy atom. The van der Waals surface area contributed by atoms with Gasteiger partial charge in [-0.15, -0.1) is 0 Å². The van der Waals surface area contributed by atoms with Crippen LogP contribution in [-0.4, -0.2) is 0 Å². The van der Waals surface area contributed by atoms with Crippen molar-refractivity contribution >= 4 is 0 Å². The van der Waals surface area contributed by atoms with E-state index in [9.17, 15) is 0 Å². The highest BCUT2D eigenvalue weighted by atomic mass is 14.2. The fourth-order valence-corrected chi connectivity index (χ4v) is 2.16. The largest absolute Gasteiger partial charge is 0.0851 e. The van der Waals surface area contributed by atoms with Crippen molar-refractivity contribution in [2.75, 3.05) is 0 Å². The number of hydrogen-bond donors (Lipinski definition) is 0. The van der Waals surface area contributed by atoms with Gasteiger partial charge in [0.05, 0.1) is 0 Å². The van der Waals surface area contributed by atoms with Crippen molar-refractivity contribution in [2.45, 2.75) is 32.1 Å². The van der Waals surface area contributed by atoms with Crippen LogP contribution >= 0.6 is 0 Å². The molecule has 1 fully saturated rings. The van der Waals surface area contributed by atoms with E-state index in [0.29, 0.717) is 0 Å². The summed E-state index contributed by atoms with van der Waals surface area (Å²) < 4.78 is 0. The van der Waals surface area contributed by atoms with E-state index in [0.717, 1.165) is 12.3 Å². The highest BCUT2D eigenvalue weighted by Crippen LogP contribution is 2.25. The van der Waals surface area contributed by atoms with Crippen LogP contribution in [0.4, 0.5) is 0 Å². The lowest BCUT2D eigenvalue weighted by atomic mass is 10.1. The third-order valence-corrected chi connectivity index (χ3v) is 3.00. The minimum absolute atomic E-state index is 0.874.